The highest BCUT2D eigenvalue weighted by Gasteiger charge is 2.30. The summed E-state index contributed by atoms with van der Waals surface area (Å²) in [6.45, 7) is 0. The van der Waals surface area contributed by atoms with Crippen molar-refractivity contribution in [2.75, 3.05) is 5.75 Å². The molecule has 0 spiro atoms. The van der Waals surface area contributed by atoms with Crippen molar-refractivity contribution in [1.82, 2.24) is 0 Å². The lowest BCUT2D eigenvalue weighted by Crippen LogP contribution is -2.07. The second-order valence-corrected chi connectivity index (χ2v) is 5.82. The quantitative estimate of drug-likeness (QED) is 0.779. The summed E-state index contributed by atoms with van der Waals surface area (Å²) in [6, 6.07) is 4.57. The minimum absolute atomic E-state index is 0.0711. The first kappa shape index (κ1) is 12.2. The monoisotopic (exact) mass is 262 g/mol. The van der Waals surface area contributed by atoms with Crippen LogP contribution in [-0.4, -0.2) is 14.2 Å². The molecule has 2 rings (SSSR count). The van der Waals surface area contributed by atoms with E-state index < -0.39 is 21.6 Å². The summed E-state index contributed by atoms with van der Waals surface area (Å²) in [4.78, 5) is 0. The highest BCUT2D eigenvalue weighted by atomic mass is 32.2. The molecule has 1 aliphatic rings. The maximum atomic E-state index is 12.3. The van der Waals surface area contributed by atoms with Crippen molar-refractivity contribution in [3.63, 3.8) is 0 Å². The first-order chi connectivity index (χ1) is 7.78. The second-order valence-electron chi connectivity index (χ2n) is 3.88. The van der Waals surface area contributed by atoms with Crippen LogP contribution in [0, 0.1) is 0 Å². The molecular weight excluding hydrogens is 253 g/mol. The second kappa shape index (κ2) is 3.87. The number of hydrogen-bond acceptors (Lipinski definition) is 2. The van der Waals surface area contributed by atoms with Gasteiger partial charge in [-0.05, 0) is 17.7 Å². The van der Waals surface area contributed by atoms with Gasteiger partial charge >= 0.3 is 6.18 Å². The van der Waals surface area contributed by atoms with Gasteiger partial charge in [0.25, 0.3) is 0 Å². The van der Waals surface area contributed by atoms with E-state index in [9.17, 15) is 21.6 Å². The Labute approximate surface area is 96.7 Å². The van der Waals surface area contributed by atoms with Crippen molar-refractivity contribution in [3.8, 4) is 0 Å². The molecule has 0 aliphatic carbocycles. The predicted molar refractivity (Wildman–Crippen MR) is 57.1 cm³/mol. The zero-order valence-corrected chi connectivity index (χ0v) is 9.42. The Balaban J connectivity index is 2.23. The van der Waals surface area contributed by atoms with E-state index in [1.807, 2.05) is 0 Å². The minimum atomic E-state index is -4.36. The molecule has 6 heteroatoms. The third-order valence-corrected chi connectivity index (χ3v) is 3.99. The van der Waals surface area contributed by atoms with Gasteiger partial charge in [-0.25, -0.2) is 8.42 Å². The minimum Gasteiger partial charge on any atom is -0.224 e. The molecule has 0 bridgehead atoms. The Morgan fingerprint density at radius 1 is 1.12 bits per heavy atom. The molecule has 1 aromatic carbocycles. The third-order valence-electron chi connectivity index (χ3n) is 2.60. The average molecular weight is 262 g/mol. The van der Waals surface area contributed by atoms with Crippen LogP contribution >= 0.6 is 0 Å². The van der Waals surface area contributed by atoms with Crippen LogP contribution in [0.5, 0.6) is 0 Å². The topological polar surface area (TPSA) is 34.1 Å². The smallest absolute Gasteiger partial charge is 0.224 e. The van der Waals surface area contributed by atoms with Gasteiger partial charge in [-0.15, -0.1) is 0 Å². The molecule has 1 atom stereocenters. The summed E-state index contributed by atoms with van der Waals surface area (Å²) < 4.78 is 59.3. The number of benzene rings is 1. The van der Waals surface area contributed by atoms with Crippen molar-refractivity contribution < 1.29 is 21.6 Å². The first-order valence-corrected chi connectivity index (χ1v) is 6.58. The normalized spacial score (nSPS) is 22.9. The van der Waals surface area contributed by atoms with Gasteiger partial charge in [-0.3, -0.25) is 0 Å². The van der Waals surface area contributed by atoms with Gasteiger partial charge < -0.3 is 0 Å². The van der Waals surface area contributed by atoms with E-state index in [0.29, 0.717) is 5.56 Å². The molecule has 1 aromatic rings. The van der Waals surface area contributed by atoms with Crippen LogP contribution < -0.4 is 0 Å². The van der Waals surface area contributed by atoms with E-state index in [1.165, 1.54) is 18.2 Å². The standard InChI is InChI=1S/C11H9F3O2S/c12-11(13,14)10-3-1-8(2-4-10)9-5-6-17(15,16)7-9/h1-6,9H,7H2/t9-/m0/s1. The number of alkyl halides is 3. The summed E-state index contributed by atoms with van der Waals surface area (Å²) >= 11 is 0. The molecule has 0 fully saturated rings. The lowest BCUT2D eigenvalue weighted by atomic mass is 10.00. The Morgan fingerprint density at radius 3 is 2.12 bits per heavy atom. The number of rotatable bonds is 1. The molecule has 0 N–H and O–H groups in total. The zero-order valence-electron chi connectivity index (χ0n) is 8.61. The summed E-state index contributed by atoms with van der Waals surface area (Å²) in [5.74, 6) is -0.416. The van der Waals surface area contributed by atoms with Crippen LogP contribution in [-0.2, 0) is 16.0 Å². The molecule has 0 unspecified atom stereocenters. The van der Waals surface area contributed by atoms with E-state index in [0.717, 1.165) is 17.5 Å². The molecule has 0 amide bonds. The number of hydrogen-bond donors (Lipinski definition) is 0. The fourth-order valence-electron chi connectivity index (χ4n) is 1.70. The maximum absolute atomic E-state index is 12.3. The van der Waals surface area contributed by atoms with Gasteiger partial charge in [0.05, 0.1) is 11.3 Å². The Hall–Kier alpha value is -1.30. The molecule has 0 saturated heterocycles. The van der Waals surface area contributed by atoms with Crippen molar-refractivity contribution >= 4 is 9.84 Å². The van der Waals surface area contributed by atoms with Gasteiger partial charge in [-0.2, -0.15) is 13.2 Å². The Kier molecular flexibility index (Phi) is 2.77. The molecular formula is C11H9F3O2S. The summed E-state index contributed by atoms with van der Waals surface area (Å²) in [5.41, 5.74) is -0.151. The zero-order chi connectivity index (χ0) is 12.7. The summed E-state index contributed by atoms with van der Waals surface area (Å²) in [6.07, 6.45) is -2.87. The largest absolute Gasteiger partial charge is 0.416 e. The third kappa shape index (κ3) is 2.69. The molecule has 2 nitrogen and oxygen atoms in total. The van der Waals surface area contributed by atoms with Gasteiger partial charge in [0, 0.05) is 11.3 Å². The van der Waals surface area contributed by atoms with Crippen LogP contribution in [0.3, 0.4) is 0 Å². The maximum Gasteiger partial charge on any atom is 0.416 e. The lowest BCUT2D eigenvalue weighted by molar-refractivity contribution is -0.137. The van der Waals surface area contributed by atoms with Crippen molar-refractivity contribution in [2.45, 2.75) is 12.1 Å². The van der Waals surface area contributed by atoms with Crippen LogP contribution in [0.4, 0.5) is 13.2 Å². The van der Waals surface area contributed by atoms with Gasteiger partial charge in [0.2, 0.25) is 0 Å². The van der Waals surface area contributed by atoms with Crippen LogP contribution in [0.15, 0.2) is 35.7 Å². The molecule has 1 heterocycles. The molecule has 92 valence electrons. The van der Waals surface area contributed by atoms with Crippen LogP contribution in [0.1, 0.15) is 17.0 Å². The van der Waals surface area contributed by atoms with E-state index >= 15 is 0 Å². The average Bonchev–Trinajstić information content (AvgIpc) is 2.58. The Morgan fingerprint density at radius 2 is 1.71 bits per heavy atom. The number of sulfone groups is 1. The lowest BCUT2D eigenvalue weighted by Gasteiger charge is -2.10. The first-order valence-electron chi connectivity index (χ1n) is 4.86. The van der Waals surface area contributed by atoms with Crippen molar-refractivity contribution in [1.29, 1.82) is 0 Å². The van der Waals surface area contributed by atoms with Gasteiger partial charge in [0.15, 0.2) is 9.84 Å². The van der Waals surface area contributed by atoms with Crippen molar-refractivity contribution in [2.24, 2.45) is 0 Å². The van der Waals surface area contributed by atoms with Crippen LogP contribution in [0.25, 0.3) is 0 Å². The van der Waals surface area contributed by atoms with Crippen LogP contribution in [0.2, 0.25) is 0 Å². The SMILES string of the molecule is O=S1(=O)C=C[C@H](c2ccc(C(F)(F)F)cc2)C1. The van der Waals surface area contributed by atoms with E-state index in [1.54, 1.807) is 0 Å². The van der Waals surface area contributed by atoms with Gasteiger partial charge in [0.1, 0.15) is 0 Å². The number of allylic oxidation sites excluding steroid dienone is 1. The van der Waals surface area contributed by atoms with Crippen molar-refractivity contribution in [3.05, 3.63) is 46.9 Å². The van der Waals surface area contributed by atoms with E-state index in [2.05, 4.69) is 0 Å². The Bertz CT molecular complexity index is 541. The fraction of sp³-hybridized carbons (Fsp3) is 0.273. The molecule has 1 aliphatic heterocycles. The number of halogens is 3. The molecule has 0 radical (unpaired) electrons. The summed E-state index contributed by atoms with van der Waals surface area (Å²) in [7, 11) is -3.18. The predicted octanol–water partition coefficient (Wildman–Crippen LogP) is 2.73. The van der Waals surface area contributed by atoms with E-state index in [-0.39, 0.29) is 11.7 Å². The molecule has 0 aromatic heterocycles. The molecule has 17 heavy (non-hydrogen) atoms. The fourth-order valence-corrected chi connectivity index (χ4v) is 3.05. The van der Waals surface area contributed by atoms with E-state index in [4.69, 9.17) is 0 Å². The highest BCUT2D eigenvalue weighted by molar-refractivity contribution is 7.94. The van der Waals surface area contributed by atoms with Gasteiger partial charge in [-0.1, -0.05) is 18.2 Å². The molecule has 0 saturated carbocycles. The summed E-state index contributed by atoms with van der Waals surface area (Å²) in [5, 5.41) is 1.11. The highest BCUT2D eigenvalue weighted by Crippen LogP contribution is 2.31.